The number of benzene rings is 2. The third-order valence-electron chi connectivity index (χ3n) is 4.07. The molecular formula is C18H12F3N3O3S. The molecule has 1 aliphatic rings. The van der Waals surface area contributed by atoms with E-state index in [0.29, 0.717) is 22.5 Å². The predicted octanol–water partition coefficient (Wildman–Crippen LogP) is 3.69. The summed E-state index contributed by atoms with van der Waals surface area (Å²) in [6, 6.07) is 9.43. The van der Waals surface area contributed by atoms with Gasteiger partial charge >= 0.3 is 16.3 Å². The summed E-state index contributed by atoms with van der Waals surface area (Å²) in [5, 5.41) is 7.99. The lowest BCUT2D eigenvalue weighted by atomic mass is 10.1. The molecule has 28 heavy (non-hydrogen) atoms. The molecule has 0 saturated heterocycles. The van der Waals surface area contributed by atoms with Gasteiger partial charge in [-0.05, 0) is 30.3 Å². The van der Waals surface area contributed by atoms with Crippen molar-refractivity contribution in [3.05, 3.63) is 65.9 Å². The average Bonchev–Trinajstić information content (AvgIpc) is 3.06. The van der Waals surface area contributed by atoms with Crippen LogP contribution in [0.2, 0.25) is 0 Å². The minimum Gasteiger partial charge on any atom is -0.382 e. The number of aromatic nitrogens is 3. The molecule has 3 aromatic rings. The molecule has 0 N–H and O–H groups in total. The fraction of sp³-hybridized carbons (Fsp3) is 0.111. The Balaban J connectivity index is 1.64. The Kier molecular flexibility index (Phi) is 4.22. The van der Waals surface area contributed by atoms with Crippen LogP contribution in [0.15, 0.2) is 54.7 Å². The lowest BCUT2D eigenvalue weighted by molar-refractivity contribution is -0.137. The van der Waals surface area contributed by atoms with Crippen molar-refractivity contribution < 1.29 is 25.8 Å². The van der Waals surface area contributed by atoms with E-state index in [4.69, 9.17) is 4.18 Å². The van der Waals surface area contributed by atoms with Crippen LogP contribution in [0.25, 0.3) is 23.0 Å². The molecule has 0 aliphatic carbocycles. The van der Waals surface area contributed by atoms with Gasteiger partial charge in [-0.25, -0.2) is 4.68 Å². The van der Waals surface area contributed by atoms with E-state index in [1.165, 1.54) is 29.0 Å². The zero-order chi connectivity index (χ0) is 19.9. The van der Waals surface area contributed by atoms with Crippen LogP contribution < -0.4 is 4.18 Å². The molecule has 2 aromatic carbocycles. The molecule has 0 atom stereocenters. The first kappa shape index (κ1) is 18.2. The highest BCUT2D eigenvalue weighted by Crippen LogP contribution is 2.31. The number of hydrogen-bond acceptors (Lipinski definition) is 5. The molecule has 4 rings (SSSR count). The van der Waals surface area contributed by atoms with Crippen molar-refractivity contribution >= 4 is 16.2 Å². The van der Waals surface area contributed by atoms with Crippen LogP contribution in [0.3, 0.4) is 0 Å². The Labute approximate surface area is 158 Å². The van der Waals surface area contributed by atoms with E-state index in [9.17, 15) is 21.6 Å². The Morgan fingerprint density at radius 1 is 1.07 bits per heavy atom. The maximum absolute atomic E-state index is 12.7. The fourth-order valence-corrected chi connectivity index (χ4v) is 3.53. The van der Waals surface area contributed by atoms with Gasteiger partial charge in [-0.3, -0.25) is 0 Å². The molecule has 2 heterocycles. The summed E-state index contributed by atoms with van der Waals surface area (Å²) in [7, 11) is -3.66. The molecule has 0 spiro atoms. The van der Waals surface area contributed by atoms with Gasteiger partial charge in [0.25, 0.3) is 0 Å². The van der Waals surface area contributed by atoms with Crippen molar-refractivity contribution in [3.63, 3.8) is 0 Å². The second-order valence-corrected chi connectivity index (χ2v) is 7.67. The van der Waals surface area contributed by atoms with Gasteiger partial charge in [0.1, 0.15) is 17.2 Å². The molecule has 1 aromatic heterocycles. The van der Waals surface area contributed by atoms with Crippen LogP contribution in [0, 0.1) is 0 Å². The van der Waals surface area contributed by atoms with Crippen LogP contribution in [0.4, 0.5) is 13.2 Å². The van der Waals surface area contributed by atoms with Crippen LogP contribution >= 0.6 is 0 Å². The van der Waals surface area contributed by atoms with Crippen molar-refractivity contribution in [2.24, 2.45) is 0 Å². The highest BCUT2D eigenvalue weighted by Gasteiger charge is 2.30. The molecular weight excluding hydrogens is 395 g/mol. The predicted molar refractivity (Wildman–Crippen MR) is 95.2 cm³/mol. The SMILES string of the molecule is O=S1(=O)CC=Cc2cc(-n3cc(-c4ccc(C(F)(F)F)cc4)nn3)ccc2O1. The molecule has 0 saturated carbocycles. The lowest BCUT2D eigenvalue weighted by Gasteiger charge is -2.08. The Hall–Kier alpha value is -3.14. The maximum Gasteiger partial charge on any atom is 0.416 e. The summed E-state index contributed by atoms with van der Waals surface area (Å²) in [6.45, 7) is 0. The van der Waals surface area contributed by atoms with Gasteiger partial charge in [0.15, 0.2) is 0 Å². The number of alkyl halides is 3. The van der Waals surface area contributed by atoms with Crippen LogP contribution in [0.1, 0.15) is 11.1 Å². The van der Waals surface area contributed by atoms with Gasteiger partial charge in [-0.15, -0.1) is 5.10 Å². The quantitative estimate of drug-likeness (QED) is 0.606. The monoisotopic (exact) mass is 407 g/mol. The topological polar surface area (TPSA) is 74.1 Å². The molecule has 0 bridgehead atoms. The molecule has 0 fully saturated rings. The van der Waals surface area contributed by atoms with Gasteiger partial charge in [-0.2, -0.15) is 21.6 Å². The van der Waals surface area contributed by atoms with Gasteiger partial charge in [0.05, 0.1) is 17.4 Å². The van der Waals surface area contributed by atoms with Crippen LogP contribution in [0.5, 0.6) is 5.75 Å². The molecule has 0 amide bonds. The fourth-order valence-electron chi connectivity index (χ4n) is 2.70. The number of halogens is 3. The Morgan fingerprint density at radius 3 is 2.54 bits per heavy atom. The standard InChI is InChI=1S/C18H12F3N3O3S/c19-18(20,21)14-5-3-12(4-6-14)16-11-24(23-22-16)15-7-8-17-13(10-15)2-1-9-28(25,26)27-17/h1-8,10-11H,9H2. The van der Waals surface area contributed by atoms with Crippen LogP contribution in [-0.2, 0) is 16.3 Å². The molecule has 0 radical (unpaired) electrons. The van der Waals surface area contributed by atoms with E-state index >= 15 is 0 Å². The summed E-state index contributed by atoms with van der Waals surface area (Å²) in [6.07, 6.45) is 0.292. The summed E-state index contributed by atoms with van der Waals surface area (Å²) in [4.78, 5) is 0. The third kappa shape index (κ3) is 3.63. The van der Waals surface area contributed by atoms with E-state index in [2.05, 4.69) is 10.3 Å². The minimum absolute atomic E-state index is 0.209. The third-order valence-corrected chi connectivity index (χ3v) is 5.11. The highest BCUT2D eigenvalue weighted by molar-refractivity contribution is 7.87. The number of fused-ring (bicyclic) bond motifs is 1. The van der Waals surface area contributed by atoms with Crippen molar-refractivity contribution in [2.45, 2.75) is 6.18 Å². The minimum atomic E-state index is -4.40. The second kappa shape index (κ2) is 6.48. The van der Waals surface area contributed by atoms with Crippen molar-refractivity contribution in [1.29, 1.82) is 0 Å². The van der Waals surface area contributed by atoms with E-state index in [-0.39, 0.29) is 11.5 Å². The first-order valence-electron chi connectivity index (χ1n) is 8.04. The molecule has 144 valence electrons. The zero-order valence-electron chi connectivity index (χ0n) is 14.1. The molecule has 10 heteroatoms. The molecule has 0 unspecified atom stereocenters. The second-order valence-electron chi connectivity index (χ2n) is 6.06. The largest absolute Gasteiger partial charge is 0.416 e. The van der Waals surface area contributed by atoms with Gasteiger partial charge < -0.3 is 4.18 Å². The normalized spacial score (nSPS) is 15.5. The molecule has 1 aliphatic heterocycles. The first-order valence-corrected chi connectivity index (χ1v) is 9.62. The summed E-state index contributed by atoms with van der Waals surface area (Å²) < 4.78 is 67.8. The van der Waals surface area contributed by atoms with Gasteiger partial charge in [0.2, 0.25) is 0 Å². The van der Waals surface area contributed by atoms with E-state index in [0.717, 1.165) is 12.1 Å². The van der Waals surface area contributed by atoms with Gasteiger partial charge in [0, 0.05) is 11.1 Å². The summed E-state index contributed by atoms with van der Waals surface area (Å²) in [5.41, 5.74) is 1.31. The van der Waals surface area contributed by atoms with E-state index in [1.54, 1.807) is 24.4 Å². The lowest BCUT2D eigenvalue weighted by Crippen LogP contribution is -2.11. The smallest absolute Gasteiger partial charge is 0.382 e. The highest BCUT2D eigenvalue weighted by atomic mass is 32.2. The maximum atomic E-state index is 12.7. The van der Waals surface area contributed by atoms with Crippen LogP contribution in [-0.4, -0.2) is 29.2 Å². The van der Waals surface area contributed by atoms with Crippen molar-refractivity contribution in [2.75, 3.05) is 5.75 Å². The number of rotatable bonds is 2. The van der Waals surface area contributed by atoms with Gasteiger partial charge in [-0.1, -0.05) is 29.5 Å². The van der Waals surface area contributed by atoms with Crippen molar-refractivity contribution in [1.82, 2.24) is 15.0 Å². The Bertz CT molecular complexity index is 1170. The number of hydrogen-bond donors (Lipinski definition) is 0. The number of nitrogens with zero attached hydrogens (tertiary/aromatic N) is 3. The average molecular weight is 407 g/mol. The van der Waals surface area contributed by atoms with E-state index in [1.807, 2.05) is 0 Å². The van der Waals surface area contributed by atoms with Crippen molar-refractivity contribution in [3.8, 4) is 22.7 Å². The Morgan fingerprint density at radius 2 is 1.82 bits per heavy atom. The summed E-state index contributed by atoms with van der Waals surface area (Å²) >= 11 is 0. The van der Waals surface area contributed by atoms with E-state index < -0.39 is 21.9 Å². The zero-order valence-corrected chi connectivity index (χ0v) is 14.9. The summed E-state index contributed by atoms with van der Waals surface area (Å²) in [5.74, 6) is -0.0149. The first-order chi connectivity index (χ1) is 13.2. The molecule has 6 nitrogen and oxygen atoms in total.